The van der Waals surface area contributed by atoms with Crippen LogP contribution in [0.4, 0.5) is 10.3 Å². The number of anilines is 2. The van der Waals surface area contributed by atoms with Crippen molar-refractivity contribution >= 4 is 38.8 Å². The molecular weight excluding hydrogens is 462 g/mol. The standard InChI is InChI=1S/C21H27N7O3S2/c1-22-20-27-25-18(32-20)13-4-3-5-14(10-13)19-26-28-21(33-19)24-17(29)12-15-11-16(6-7-23-15)31-9-8-30-2/h6-7,11,13-14H,3-5,8-10,12H2,1-2H3,(H,22,27)(H,24,28,29)/t13-,14-/m0/s1. The van der Waals surface area contributed by atoms with Crippen molar-refractivity contribution in [1.29, 1.82) is 0 Å². The zero-order chi connectivity index (χ0) is 23.0. The monoisotopic (exact) mass is 489 g/mol. The van der Waals surface area contributed by atoms with Crippen LogP contribution in [0.3, 0.4) is 0 Å². The Labute approximate surface area is 200 Å². The van der Waals surface area contributed by atoms with E-state index in [1.807, 2.05) is 7.05 Å². The van der Waals surface area contributed by atoms with E-state index in [0.29, 0.717) is 41.6 Å². The lowest BCUT2D eigenvalue weighted by Crippen LogP contribution is -2.15. The van der Waals surface area contributed by atoms with Crippen molar-refractivity contribution in [2.24, 2.45) is 0 Å². The first-order chi connectivity index (χ1) is 16.1. The summed E-state index contributed by atoms with van der Waals surface area (Å²) in [6.07, 6.45) is 6.02. The number of aromatic nitrogens is 5. The van der Waals surface area contributed by atoms with Gasteiger partial charge >= 0.3 is 0 Å². The Morgan fingerprint density at radius 1 is 1.09 bits per heavy atom. The zero-order valence-corrected chi connectivity index (χ0v) is 20.2. The summed E-state index contributed by atoms with van der Waals surface area (Å²) in [6.45, 7) is 0.939. The molecule has 1 amide bonds. The van der Waals surface area contributed by atoms with Crippen LogP contribution in [0.5, 0.6) is 5.75 Å². The van der Waals surface area contributed by atoms with Crippen molar-refractivity contribution < 1.29 is 14.3 Å². The van der Waals surface area contributed by atoms with Gasteiger partial charge in [0.2, 0.25) is 16.2 Å². The van der Waals surface area contributed by atoms with Crippen LogP contribution < -0.4 is 15.4 Å². The van der Waals surface area contributed by atoms with Gasteiger partial charge in [-0.15, -0.1) is 20.4 Å². The van der Waals surface area contributed by atoms with E-state index in [2.05, 4.69) is 36.0 Å². The fourth-order valence-electron chi connectivity index (χ4n) is 3.80. The normalized spacial score (nSPS) is 18.1. The number of methoxy groups -OCH3 is 1. The van der Waals surface area contributed by atoms with Crippen LogP contribution in [0, 0.1) is 0 Å². The lowest BCUT2D eigenvalue weighted by Gasteiger charge is -2.25. The van der Waals surface area contributed by atoms with Gasteiger partial charge in [0.1, 0.15) is 22.4 Å². The van der Waals surface area contributed by atoms with Gasteiger partial charge in [0, 0.05) is 38.3 Å². The highest BCUT2D eigenvalue weighted by Gasteiger charge is 2.29. The maximum Gasteiger partial charge on any atom is 0.232 e. The van der Waals surface area contributed by atoms with Gasteiger partial charge in [-0.25, -0.2) is 0 Å². The van der Waals surface area contributed by atoms with Gasteiger partial charge in [-0.1, -0.05) is 29.1 Å². The minimum absolute atomic E-state index is 0.132. The average Bonchev–Trinajstić information content (AvgIpc) is 3.49. The van der Waals surface area contributed by atoms with Gasteiger partial charge in [-0.3, -0.25) is 9.78 Å². The molecule has 4 rings (SSSR count). The zero-order valence-electron chi connectivity index (χ0n) is 18.6. The van der Waals surface area contributed by atoms with Crippen molar-refractivity contribution in [2.45, 2.75) is 43.9 Å². The molecule has 3 aromatic heterocycles. The van der Waals surface area contributed by atoms with Crippen LogP contribution in [0.1, 0.15) is 53.2 Å². The number of nitrogens with one attached hydrogen (secondary N) is 2. The Morgan fingerprint density at radius 2 is 1.82 bits per heavy atom. The van der Waals surface area contributed by atoms with Gasteiger partial charge in [-0.05, 0) is 25.3 Å². The Hall–Kier alpha value is -2.70. The predicted octanol–water partition coefficient (Wildman–Crippen LogP) is 3.47. The van der Waals surface area contributed by atoms with Crippen molar-refractivity contribution in [3.05, 3.63) is 34.0 Å². The van der Waals surface area contributed by atoms with Crippen molar-refractivity contribution in [3.63, 3.8) is 0 Å². The smallest absolute Gasteiger partial charge is 0.232 e. The highest BCUT2D eigenvalue weighted by Crippen LogP contribution is 2.43. The van der Waals surface area contributed by atoms with E-state index in [0.717, 1.165) is 40.8 Å². The van der Waals surface area contributed by atoms with Crippen LogP contribution in [-0.2, 0) is 16.0 Å². The molecule has 0 aromatic carbocycles. The van der Waals surface area contributed by atoms with E-state index in [4.69, 9.17) is 9.47 Å². The molecule has 0 aliphatic heterocycles. The molecule has 0 bridgehead atoms. The van der Waals surface area contributed by atoms with E-state index < -0.39 is 0 Å². The minimum atomic E-state index is -0.186. The third-order valence-electron chi connectivity index (χ3n) is 5.40. The van der Waals surface area contributed by atoms with Gasteiger partial charge in [0.05, 0.1) is 18.7 Å². The van der Waals surface area contributed by atoms with E-state index in [-0.39, 0.29) is 12.3 Å². The number of ether oxygens (including phenoxy) is 2. The molecule has 3 aromatic rings. The number of pyridine rings is 1. The van der Waals surface area contributed by atoms with E-state index in [1.54, 1.807) is 36.8 Å². The second-order valence-corrected chi connectivity index (χ2v) is 9.77. The summed E-state index contributed by atoms with van der Waals surface area (Å²) < 4.78 is 10.6. The first kappa shape index (κ1) is 23.5. The van der Waals surface area contributed by atoms with Gasteiger partial charge in [0.15, 0.2) is 0 Å². The summed E-state index contributed by atoms with van der Waals surface area (Å²) in [5.41, 5.74) is 0.625. The molecule has 33 heavy (non-hydrogen) atoms. The Balaban J connectivity index is 1.32. The van der Waals surface area contributed by atoms with Gasteiger partial charge in [0.25, 0.3) is 0 Å². The van der Waals surface area contributed by atoms with Crippen LogP contribution in [-0.4, -0.2) is 58.7 Å². The lowest BCUT2D eigenvalue weighted by atomic mass is 9.82. The number of nitrogens with zero attached hydrogens (tertiary/aromatic N) is 5. The number of carbonyl (C=O) groups excluding carboxylic acids is 1. The third-order valence-corrected chi connectivity index (χ3v) is 7.50. The summed E-state index contributed by atoms with van der Waals surface area (Å²) in [4.78, 5) is 16.8. The summed E-state index contributed by atoms with van der Waals surface area (Å²) in [5, 5.41) is 26.4. The molecular formula is C21H27N7O3S2. The summed E-state index contributed by atoms with van der Waals surface area (Å²) >= 11 is 3.06. The molecule has 0 saturated heterocycles. The molecule has 3 heterocycles. The second kappa shape index (κ2) is 11.4. The fraction of sp³-hybridized carbons (Fsp3) is 0.524. The first-order valence-electron chi connectivity index (χ1n) is 10.9. The average molecular weight is 490 g/mol. The first-order valence-corrected chi connectivity index (χ1v) is 12.5. The topological polar surface area (TPSA) is 124 Å². The van der Waals surface area contributed by atoms with Crippen molar-refractivity contribution in [2.75, 3.05) is 38.0 Å². The molecule has 2 atom stereocenters. The van der Waals surface area contributed by atoms with Crippen molar-refractivity contribution in [1.82, 2.24) is 25.4 Å². The van der Waals surface area contributed by atoms with E-state index in [1.165, 1.54) is 11.3 Å². The molecule has 1 aliphatic rings. The molecule has 0 spiro atoms. The maximum atomic E-state index is 12.5. The molecule has 2 N–H and O–H groups in total. The highest BCUT2D eigenvalue weighted by atomic mass is 32.1. The molecule has 0 radical (unpaired) electrons. The molecule has 1 aliphatic carbocycles. The van der Waals surface area contributed by atoms with E-state index in [9.17, 15) is 4.79 Å². The molecule has 1 fully saturated rings. The quantitative estimate of drug-likeness (QED) is 0.412. The van der Waals surface area contributed by atoms with Gasteiger partial charge in [-0.2, -0.15) is 0 Å². The summed E-state index contributed by atoms with van der Waals surface area (Å²) in [6, 6.07) is 3.52. The van der Waals surface area contributed by atoms with E-state index >= 15 is 0 Å². The number of carbonyl (C=O) groups is 1. The molecule has 1 saturated carbocycles. The second-order valence-electron chi connectivity index (χ2n) is 7.75. The van der Waals surface area contributed by atoms with Crippen LogP contribution in [0.2, 0.25) is 0 Å². The molecule has 0 unspecified atom stereocenters. The third kappa shape index (κ3) is 6.42. The van der Waals surface area contributed by atoms with Crippen LogP contribution in [0.15, 0.2) is 18.3 Å². The number of hydrogen-bond donors (Lipinski definition) is 2. The number of amides is 1. The fourth-order valence-corrected chi connectivity index (χ4v) is 5.55. The molecule has 10 nitrogen and oxygen atoms in total. The lowest BCUT2D eigenvalue weighted by molar-refractivity contribution is -0.115. The Bertz CT molecular complexity index is 1060. The van der Waals surface area contributed by atoms with Gasteiger partial charge < -0.3 is 20.1 Å². The minimum Gasteiger partial charge on any atom is -0.491 e. The largest absolute Gasteiger partial charge is 0.491 e. The molecule has 176 valence electrons. The molecule has 12 heteroatoms. The SMILES string of the molecule is CNc1nnc([C@H]2CCC[C@H](c3nnc(NC(=O)Cc4cc(OCCOC)ccn4)s3)C2)s1. The highest BCUT2D eigenvalue weighted by molar-refractivity contribution is 7.15. The van der Waals surface area contributed by atoms with Crippen LogP contribution in [0.25, 0.3) is 0 Å². The number of hydrogen-bond acceptors (Lipinski definition) is 11. The maximum absolute atomic E-state index is 12.5. The predicted molar refractivity (Wildman–Crippen MR) is 127 cm³/mol. The Morgan fingerprint density at radius 3 is 2.52 bits per heavy atom. The van der Waals surface area contributed by atoms with Crippen molar-refractivity contribution in [3.8, 4) is 5.75 Å². The van der Waals surface area contributed by atoms with Crippen LogP contribution >= 0.6 is 22.7 Å². The summed E-state index contributed by atoms with van der Waals surface area (Å²) in [7, 11) is 3.48. The number of rotatable bonds is 10. The Kier molecular flexibility index (Phi) is 8.13. The summed E-state index contributed by atoms with van der Waals surface area (Å²) in [5.74, 6) is 1.17.